The van der Waals surface area contributed by atoms with Crippen LogP contribution in [0.2, 0.25) is 0 Å². The highest BCUT2D eigenvalue weighted by atomic mass is 32.2. The quantitative estimate of drug-likeness (QED) is 0.418. The molecule has 0 aliphatic carbocycles. The third-order valence-electron chi connectivity index (χ3n) is 5.81. The molecule has 4 rings (SSSR count). The summed E-state index contributed by atoms with van der Waals surface area (Å²) in [4.78, 5) is 37.6. The standard InChI is InChI=1S/C28H29N3O7S/c1-28(2,3)38-26(33)20-9-5-19(6-10-20)17-31-27(34)30-23-14-11-21(15-24(23)39(31,35)36)25(32)29-16-18-7-12-22(37-4)13-8-18/h5-15H,16-17H2,1-4H3,(H,29,32)(H,30,34). The van der Waals surface area contributed by atoms with Gasteiger partial charge in [-0.1, -0.05) is 24.3 Å². The zero-order chi connectivity index (χ0) is 28.4. The molecule has 3 amide bonds. The van der Waals surface area contributed by atoms with Crippen LogP contribution >= 0.6 is 0 Å². The fourth-order valence-electron chi connectivity index (χ4n) is 3.82. The molecule has 11 heteroatoms. The normalized spacial score (nSPS) is 14.2. The lowest BCUT2D eigenvalue weighted by Gasteiger charge is -2.29. The Bertz CT molecular complexity index is 1510. The molecule has 1 aliphatic rings. The minimum atomic E-state index is -4.28. The molecule has 1 aliphatic heterocycles. The molecule has 0 saturated carbocycles. The van der Waals surface area contributed by atoms with Crippen molar-refractivity contribution in [3.8, 4) is 5.75 Å². The molecular formula is C28H29N3O7S. The van der Waals surface area contributed by atoms with Crippen LogP contribution in [-0.2, 0) is 27.8 Å². The number of nitrogens with one attached hydrogen (secondary N) is 2. The maximum atomic E-state index is 13.4. The van der Waals surface area contributed by atoms with Gasteiger partial charge < -0.3 is 20.1 Å². The lowest BCUT2D eigenvalue weighted by molar-refractivity contribution is 0.00693. The van der Waals surface area contributed by atoms with E-state index in [0.29, 0.717) is 21.2 Å². The monoisotopic (exact) mass is 551 g/mol. The van der Waals surface area contributed by atoms with Crippen molar-refractivity contribution in [2.45, 2.75) is 44.4 Å². The van der Waals surface area contributed by atoms with Crippen LogP contribution in [0.5, 0.6) is 5.75 Å². The van der Waals surface area contributed by atoms with Gasteiger partial charge in [0.25, 0.3) is 15.9 Å². The van der Waals surface area contributed by atoms with E-state index < -0.39 is 33.5 Å². The zero-order valence-corrected chi connectivity index (χ0v) is 22.8. The average Bonchev–Trinajstić information content (AvgIpc) is 2.89. The fourth-order valence-corrected chi connectivity index (χ4v) is 5.31. The number of methoxy groups -OCH3 is 1. The molecule has 204 valence electrons. The minimum absolute atomic E-state index is 0.0863. The summed E-state index contributed by atoms with van der Waals surface area (Å²) in [5, 5.41) is 5.33. The Labute approximate surface area is 227 Å². The van der Waals surface area contributed by atoms with Gasteiger partial charge in [-0.05, 0) is 74.4 Å². The topological polar surface area (TPSA) is 131 Å². The molecule has 2 N–H and O–H groups in total. The summed E-state index contributed by atoms with van der Waals surface area (Å²) in [6.45, 7) is 5.23. The van der Waals surface area contributed by atoms with E-state index in [9.17, 15) is 22.8 Å². The Balaban J connectivity index is 1.49. The molecule has 0 fully saturated rings. The molecule has 0 atom stereocenters. The van der Waals surface area contributed by atoms with Gasteiger partial charge in [0.2, 0.25) is 0 Å². The smallest absolute Gasteiger partial charge is 0.338 e. The van der Waals surface area contributed by atoms with E-state index >= 15 is 0 Å². The van der Waals surface area contributed by atoms with E-state index in [4.69, 9.17) is 9.47 Å². The van der Waals surface area contributed by atoms with E-state index in [2.05, 4.69) is 10.6 Å². The van der Waals surface area contributed by atoms with Crippen LogP contribution in [0, 0.1) is 0 Å². The summed E-state index contributed by atoms with van der Waals surface area (Å²) in [5.41, 5.74) is 1.18. The number of hydrogen-bond donors (Lipinski definition) is 2. The highest BCUT2D eigenvalue weighted by Crippen LogP contribution is 2.32. The molecule has 0 radical (unpaired) electrons. The van der Waals surface area contributed by atoms with Gasteiger partial charge in [0.15, 0.2) is 0 Å². The summed E-state index contributed by atoms with van der Waals surface area (Å²) >= 11 is 0. The number of ether oxygens (including phenoxy) is 2. The van der Waals surface area contributed by atoms with Gasteiger partial charge in [0, 0.05) is 12.1 Å². The van der Waals surface area contributed by atoms with Crippen molar-refractivity contribution >= 4 is 33.6 Å². The van der Waals surface area contributed by atoms with Crippen molar-refractivity contribution in [2.24, 2.45) is 0 Å². The maximum absolute atomic E-state index is 13.4. The summed E-state index contributed by atoms with van der Waals surface area (Å²) in [5.74, 6) is -0.287. The first kappa shape index (κ1) is 27.6. The fraction of sp³-hybridized carbons (Fsp3) is 0.250. The van der Waals surface area contributed by atoms with Gasteiger partial charge in [0.1, 0.15) is 16.2 Å². The number of carbonyl (C=O) groups is 3. The molecule has 0 aromatic heterocycles. The molecule has 10 nitrogen and oxygen atoms in total. The first-order valence-electron chi connectivity index (χ1n) is 12.1. The van der Waals surface area contributed by atoms with Crippen molar-refractivity contribution in [1.82, 2.24) is 9.62 Å². The molecule has 39 heavy (non-hydrogen) atoms. The van der Waals surface area contributed by atoms with E-state index in [1.165, 1.54) is 30.3 Å². The summed E-state index contributed by atoms with van der Waals surface area (Å²) in [6.07, 6.45) is 0. The maximum Gasteiger partial charge on any atom is 0.338 e. The van der Waals surface area contributed by atoms with Crippen LogP contribution in [0.1, 0.15) is 52.6 Å². The molecule has 1 heterocycles. The van der Waals surface area contributed by atoms with Crippen molar-refractivity contribution in [3.05, 3.63) is 89.0 Å². The zero-order valence-electron chi connectivity index (χ0n) is 22.0. The van der Waals surface area contributed by atoms with E-state index in [1.807, 2.05) is 12.1 Å². The van der Waals surface area contributed by atoms with E-state index in [-0.39, 0.29) is 29.2 Å². The lowest BCUT2D eigenvalue weighted by Crippen LogP contribution is -2.43. The number of carbonyl (C=O) groups excluding carboxylic acids is 3. The van der Waals surface area contributed by atoms with Crippen molar-refractivity contribution in [3.63, 3.8) is 0 Å². The van der Waals surface area contributed by atoms with Crippen LogP contribution < -0.4 is 15.4 Å². The largest absolute Gasteiger partial charge is 0.497 e. The van der Waals surface area contributed by atoms with Gasteiger partial charge in [-0.15, -0.1) is 0 Å². The molecule has 0 unspecified atom stereocenters. The predicted molar refractivity (Wildman–Crippen MR) is 144 cm³/mol. The van der Waals surface area contributed by atoms with Crippen LogP contribution in [0.4, 0.5) is 10.5 Å². The summed E-state index contributed by atoms with van der Waals surface area (Å²) in [7, 11) is -2.71. The molecule has 3 aromatic rings. The first-order chi connectivity index (χ1) is 18.4. The van der Waals surface area contributed by atoms with Crippen molar-refractivity contribution in [1.29, 1.82) is 0 Å². The number of anilines is 1. The van der Waals surface area contributed by atoms with Gasteiger partial charge in [-0.2, -0.15) is 0 Å². The van der Waals surface area contributed by atoms with Gasteiger partial charge in [0.05, 0.1) is 24.9 Å². The molecule has 0 saturated heterocycles. The Morgan fingerprint density at radius 1 is 0.923 bits per heavy atom. The van der Waals surface area contributed by atoms with Crippen LogP contribution in [0.3, 0.4) is 0 Å². The molecule has 3 aromatic carbocycles. The molecule has 0 spiro atoms. The van der Waals surface area contributed by atoms with Crippen molar-refractivity contribution in [2.75, 3.05) is 12.4 Å². The van der Waals surface area contributed by atoms with Crippen LogP contribution in [-0.4, -0.2) is 43.3 Å². The van der Waals surface area contributed by atoms with Gasteiger partial charge in [-0.25, -0.2) is 22.3 Å². The number of hydrogen-bond acceptors (Lipinski definition) is 7. The van der Waals surface area contributed by atoms with E-state index in [1.54, 1.807) is 52.1 Å². The second-order valence-corrected chi connectivity index (χ2v) is 11.7. The third kappa shape index (κ3) is 6.37. The minimum Gasteiger partial charge on any atom is -0.497 e. The molecular weight excluding hydrogens is 522 g/mol. The second-order valence-electron chi connectivity index (χ2n) is 9.88. The number of sulfonamides is 1. The number of esters is 1. The van der Waals surface area contributed by atoms with E-state index in [0.717, 1.165) is 5.56 Å². The number of amides is 3. The number of rotatable bonds is 7. The first-order valence-corrected chi connectivity index (χ1v) is 13.5. The number of fused-ring (bicyclic) bond motifs is 1. The van der Waals surface area contributed by atoms with Gasteiger partial charge in [-0.3, -0.25) is 4.79 Å². The number of urea groups is 1. The van der Waals surface area contributed by atoms with Gasteiger partial charge >= 0.3 is 12.0 Å². The highest BCUT2D eigenvalue weighted by molar-refractivity contribution is 7.90. The SMILES string of the molecule is COc1ccc(CNC(=O)c2ccc3c(c2)S(=O)(=O)N(Cc2ccc(C(=O)OC(C)(C)C)cc2)C(=O)N3)cc1. The number of benzene rings is 3. The summed E-state index contributed by atoms with van der Waals surface area (Å²) < 4.78 is 38.0. The van der Waals surface area contributed by atoms with Crippen molar-refractivity contribution < 1.29 is 32.3 Å². The van der Waals surface area contributed by atoms with Crippen LogP contribution in [0.25, 0.3) is 0 Å². The predicted octanol–water partition coefficient (Wildman–Crippen LogP) is 4.32. The Hall–Kier alpha value is -4.38. The third-order valence-corrected chi connectivity index (χ3v) is 7.58. The number of nitrogens with zero attached hydrogens (tertiary/aromatic N) is 1. The lowest BCUT2D eigenvalue weighted by atomic mass is 10.1. The Kier molecular flexibility index (Phi) is 7.64. The second kappa shape index (κ2) is 10.8. The summed E-state index contributed by atoms with van der Waals surface area (Å²) in [6, 6.07) is 16.6. The average molecular weight is 552 g/mol. The Morgan fingerprint density at radius 2 is 1.54 bits per heavy atom. The highest BCUT2D eigenvalue weighted by Gasteiger charge is 2.37. The Morgan fingerprint density at radius 3 is 2.15 bits per heavy atom. The van der Waals surface area contributed by atoms with Crippen LogP contribution in [0.15, 0.2) is 71.6 Å². The molecule has 0 bridgehead atoms.